The zero-order valence-electron chi connectivity index (χ0n) is 10.0. The van der Waals surface area contributed by atoms with Crippen molar-refractivity contribution in [2.45, 2.75) is 40.0 Å². The molecule has 0 heterocycles. The van der Waals surface area contributed by atoms with Gasteiger partial charge in [-0.15, -0.1) is 0 Å². The van der Waals surface area contributed by atoms with Gasteiger partial charge in [0.15, 0.2) is 0 Å². The van der Waals surface area contributed by atoms with Gasteiger partial charge in [-0.1, -0.05) is 32.6 Å². The second kappa shape index (κ2) is 9.00. The first kappa shape index (κ1) is 18.3. The number of carbonyl (C=O) groups is 2. The first-order valence-electron chi connectivity index (χ1n) is 5.02. The van der Waals surface area contributed by atoms with Crippen molar-refractivity contribution >= 4 is 18.0 Å². The quantitative estimate of drug-likeness (QED) is 0.309. The van der Waals surface area contributed by atoms with Crippen molar-refractivity contribution in [3.63, 3.8) is 0 Å². The van der Waals surface area contributed by atoms with Gasteiger partial charge in [0.1, 0.15) is 12.2 Å². The zero-order chi connectivity index (χ0) is 11.9. The summed E-state index contributed by atoms with van der Waals surface area (Å²) in [6.45, 7) is 5.17. The predicted molar refractivity (Wildman–Crippen MR) is 55.0 cm³/mol. The van der Waals surface area contributed by atoms with E-state index in [2.05, 4.69) is 0 Å². The minimum absolute atomic E-state index is 0. The predicted octanol–water partition coefficient (Wildman–Crippen LogP) is 1.42. The number of rotatable bonds is 7. The summed E-state index contributed by atoms with van der Waals surface area (Å²) in [5.41, 5.74) is -1.22. The van der Waals surface area contributed by atoms with E-state index in [1.165, 1.54) is 13.8 Å². The van der Waals surface area contributed by atoms with Crippen LogP contribution in [0.5, 0.6) is 0 Å². The summed E-state index contributed by atoms with van der Waals surface area (Å²) in [5.74, 6) is -1.03. The summed E-state index contributed by atoms with van der Waals surface area (Å²) >= 11 is 0. The minimum atomic E-state index is -1.22. The number of carbonyl (C=O) groups excluding carboxylic acids is 3. The average Bonchev–Trinajstić information content (AvgIpc) is 2.18. The van der Waals surface area contributed by atoms with Gasteiger partial charge < -0.3 is 14.3 Å². The van der Waals surface area contributed by atoms with E-state index in [1.807, 2.05) is 6.92 Å². The van der Waals surface area contributed by atoms with Crippen LogP contribution >= 0.6 is 0 Å². The van der Waals surface area contributed by atoms with Crippen LogP contribution < -0.4 is 0 Å². The van der Waals surface area contributed by atoms with E-state index in [0.717, 1.165) is 12.8 Å². The fourth-order valence-corrected chi connectivity index (χ4v) is 0.790. The summed E-state index contributed by atoms with van der Waals surface area (Å²) < 4.78 is 4.80. The molecular weight excluding hydrogens is 285 g/mol. The summed E-state index contributed by atoms with van der Waals surface area (Å²) in [6.07, 6.45) is 2.96. The van der Waals surface area contributed by atoms with Crippen molar-refractivity contribution in [1.82, 2.24) is 0 Å². The van der Waals surface area contributed by atoms with Gasteiger partial charge in [-0.25, -0.2) is 0 Å². The van der Waals surface area contributed by atoms with E-state index in [-0.39, 0.29) is 39.1 Å². The van der Waals surface area contributed by atoms with Crippen LogP contribution in [0.1, 0.15) is 40.0 Å². The normalized spacial score (nSPS) is 10.2. The topological polar surface area (TPSA) is 60.4 Å². The summed E-state index contributed by atoms with van der Waals surface area (Å²) in [4.78, 5) is 32.9. The Morgan fingerprint density at radius 1 is 1.31 bits per heavy atom. The minimum Gasteiger partial charge on any atom is -0.541 e. The van der Waals surface area contributed by atoms with Gasteiger partial charge in [-0.05, 0) is 6.42 Å². The molecule has 16 heavy (non-hydrogen) atoms. The molecule has 0 fully saturated rings. The van der Waals surface area contributed by atoms with Crippen molar-refractivity contribution in [3.05, 3.63) is 0 Å². The molecule has 0 aromatic carbocycles. The van der Waals surface area contributed by atoms with Crippen LogP contribution in [-0.2, 0) is 51.8 Å². The molecule has 4 nitrogen and oxygen atoms in total. The zero-order valence-corrected chi connectivity index (χ0v) is 12.9. The average molecular weight is 302 g/mol. The van der Waals surface area contributed by atoms with Crippen molar-refractivity contribution in [2.24, 2.45) is 5.41 Å². The van der Waals surface area contributed by atoms with Crippen LogP contribution in [0.2, 0.25) is 0 Å². The third-order valence-electron chi connectivity index (χ3n) is 2.02. The van der Waals surface area contributed by atoms with Gasteiger partial charge in [0.25, 0.3) is 0 Å². The van der Waals surface area contributed by atoms with Gasteiger partial charge in [0.05, 0.1) is 6.61 Å². The molecular formula is C11H17O4Y-. The first-order chi connectivity index (χ1) is 6.94. The number of Topliss-reactive ketones (excluding diaryl/α,β-unsaturated/α-hetero) is 1. The Labute approximate surface area is 121 Å². The van der Waals surface area contributed by atoms with Crippen LogP contribution in [0.25, 0.3) is 0 Å². The fraction of sp³-hybridized carbons (Fsp3) is 0.727. The molecule has 0 N–H and O–H groups in total. The third kappa shape index (κ3) is 7.23. The maximum Gasteiger partial charge on any atom is 0.313 e. The summed E-state index contributed by atoms with van der Waals surface area (Å²) in [7, 11) is 0. The number of esters is 1. The van der Waals surface area contributed by atoms with E-state index in [9.17, 15) is 14.4 Å². The molecule has 0 amide bonds. The molecule has 0 aliphatic heterocycles. The van der Waals surface area contributed by atoms with E-state index in [4.69, 9.17) is 4.74 Å². The van der Waals surface area contributed by atoms with Crippen LogP contribution in [-0.4, -0.2) is 24.6 Å². The molecule has 5 heteroatoms. The van der Waals surface area contributed by atoms with Crippen molar-refractivity contribution in [2.75, 3.05) is 6.61 Å². The molecule has 89 valence electrons. The maximum absolute atomic E-state index is 11.4. The standard InChI is InChI=1S/C11H17O4.Y/c1-4-5-6-15-10(14)7-9(13)11(2,3)8-12;/h4-7H2,1-3H3;/q-1;. The number of unbranched alkanes of at least 4 members (excludes halogenated alkanes) is 1. The van der Waals surface area contributed by atoms with E-state index in [0.29, 0.717) is 6.61 Å². The van der Waals surface area contributed by atoms with Crippen LogP contribution in [0.4, 0.5) is 0 Å². The monoisotopic (exact) mass is 302 g/mol. The van der Waals surface area contributed by atoms with Crippen LogP contribution in [0.3, 0.4) is 0 Å². The Balaban J connectivity index is 0. The number of hydrogen-bond acceptors (Lipinski definition) is 4. The van der Waals surface area contributed by atoms with Gasteiger partial charge in [-0.2, -0.15) is 0 Å². The Morgan fingerprint density at radius 3 is 2.31 bits per heavy atom. The smallest absolute Gasteiger partial charge is 0.313 e. The van der Waals surface area contributed by atoms with E-state index >= 15 is 0 Å². The second-order valence-corrected chi connectivity index (χ2v) is 3.90. The Kier molecular flexibility index (Phi) is 10.3. The Hall–Kier alpha value is -0.0861. The number of ketones is 1. The second-order valence-electron chi connectivity index (χ2n) is 3.90. The molecule has 1 radical (unpaired) electrons. The molecule has 0 aromatic heterocycles. The molecule has 0 saturated heterocycles. The van der Waals surface area contributed by atoms with Crippen LogP contribution in [0, 0.1) is 5.41 Å². The van der Waals surface area contributed by atoms with Crippen molar-refractivity contribution in [3.8, 4) is 0 Å². The summed E-state index contributed by atoms with van der Waals surface area (Å²) in [6, 6.07) is 0. The van der Waals surface area contributed by atoms with Gasteiger partial charge >= 0.3 is 5.97 Å². The van der Waals surface area contributed by atoms with Gasteiger partial charge in [0, 0.05) is 32.7 Å². The molecule has 0 aliphatic rings. The maximum atomic E-state index is 11.4. The van der Waals surface area contributed by atoms with E-state index in [1.54, 1.807) is 6.29 Å². The van der Waals surface area contributed by atoms with E-state index < -0.39 is 17.2 Å². The van der Waals surface area contributed by atoms with Gasteiger partial charge in [-0.3, -0.25) is 11.1 Å². The molecule has 0 spiro atoms. The van der Waals surface area contributed by atoms with Crippen molar-refractivity contribution in [1.29, 1.82) is 0 Å². The molecule has 0 aromatic rings. The van der Waals surface area contributed by atoms with Gasteiger partial charge in [0.2, 0.25) is 0 Å². The fourth-order valence-electron chi connectivity index (χ4n) is 0.790. The molecule has 0 rings (SSSR count). The third-order valence-corrected chi connectivity index (χ3v) is 2.02. The Morgan fingerprint density at radius 2 is 1.88 bits per heavy atom. The van der Waals surface area contributed by atoms with Crippen LogP contribution in [0.15, 0.2) is 0 Å². The SMILES string of the molecule is CCCCOC(=O)CC(=O)C(C)(C)[C-]=O.[Y]. The van der Waals surface area contributed by atoms with Crippen molar-refractivity contribution < 1.29 is 51.8 Å². The molecule has 0 unspecified atom stereocenters. The number of hydrogen-bond donors (Lipinski definition) is 0. The first-order valence-corrected chi connectivity index (χ1v) is 5.02. The number of ether oxygens (including phenoxy) is 1. The molecule has 0 bridgehead atoms. The largest absolute Gasteiger partial charge is 0.541 e. The molecule has 0 saturated carbocycles. The molecule has 0 atom stereocenters. The Bertz CT molecular complexity index is 248. The summed E-state index contributed by atoms with van der Waals surface area (Å²) in [5, 5.41) is 0. The molecule has 0 aliphatic carbocycles.